The molecule has 7 nitrogen and oxygen atoms in total. The van der Waals surface area contributed by atoms with Crippen molar-refractivity contribution in [2.24, 2.45) is 5.73 Å². The topological polar surface area (TPSA) is 130 Å². The minimum absolute atomic E-state index is 0.163. The first kappa shape index (κ1) is 26.2. The van der Waals surface area contributed by atoms with Crippen LogP contribution in [0.1, 0.15) is 30.9 Å². The van der Waals surface area contributed by atoms with Crippen molar-refractivity contribution in [3.63, 3.8) is 0 Å². The number of ether oxygens (including phenoxy) is 1. The molecular weight excluding hydrogens is 418 g/mol. The molecule has 168 valence electrons. The SMILES string of the molecule is CCCC(OC(=O)[C@@H](N)Cc1ccccc1)C(O)=S.O=C(O)C(O)Cc1ccccc1. The van der Waals surface area contributed by atoms with Crippen LogP contribution in [0, 0.1) is 0 Å². The van der Waals surface area contributed by atoms with E-state index in [4.69, 9.17) is 20.7 Å². The highest BCUT2D eigenvalue weighted by molar-refractivity contribution is 7.80. The number of benzene rings is 2. The molecule has 0 saturated heterocycles. The zero-order chi connectivity index (χ0) is 23.2. The summed E-state index contributed by atoms with van der Waals surface area (Å²) in [6.45, 7) is 1.92. The van der Waals surface area contributed by atoms with Crippen LogP contribution >= 0.6 is 12.2 Å². The fourth-order valence-corrected chi connectivity index (χ4v) is 2.76. The Hall–Kier alpha value is -2.81. The molecule has 0 aliphatic rings. The summed E-state index contributed by atoms with van der Waals surface area (Å²) in [7, 11) is 0. The molecule has 2 rings (SSSR count). The van der Waals surface area contributed by atoms with Crippen LogP contribution in [-0.2, 0) is 27.2 Å². The number of carbonyl (C=O) groups excluding carboxylic acids is 1. The monoisotopic (exact) mass is 447 g/mol. The van der Waals surface area contributed by atoms with Crippen LogP contribution in [0.25, 0.3) is 0 Å². The molecule has 3 atom stereocenters. The summed E-state index contributed by atoms with van der Waals surface area (Å²) < 4.78 is 5.13. The van der Waals surface area contributed by atoms with Crippen LogP contribution in [0.3, 0.4) is 0 Å². The van der Waals surface area contributed by atoms with E-state index < -0.39 is 30.2 Å². The van der Waals surface area contributed by atoms with Gasteiger partial charge in [0.1, 0.15) is 6.04 Å². The van der Waals surface area contributed by atoms with E-state index in [0.717, 1.165) is 17.5 Å². The summed E-state index contributed by atoms with van der Waals surface area (Å²) in [6, 6.07) is 17.7. The summed E-state index contributed by atoms with van der Waals surface area (Å²) in [5.41, 5.74) is 7.58. The minimum atomic E-state index is -1.30. The lowest BCUT2D eigenvalue weighted by atomic mass is 10.1. The Kier molecular flexibility index (Phi) is 12.0. The zero-order valence-corrected chi connectivity index (χ0v) is 18.2. The Balaban J connectivity index is 0.000000343. The van der Waals surface area contributed by atoms with Crippen LogP contribution in [0.4, 0.5) is 0 Å². The number of hydrogen-bond acceptors (Lipinski definition) is 6. The van der Waals surface area contributed by atoms with E-state index in [0.29, 0.717) is 12.8 Å². The smallest absolute Gasteiger partial charge is 0.332 e. The molecule has 0 spiro atoms. The third-order valence-corrected chi connectivity index (χ3v) is 4.51. The predicted octanol–water partition coefficient (Wildman–Crippen LogP) is 2.83. The molecule has 0 fully saturated rings. The van der Waals surface area contributed by atoms with Gasteiger partial charge in [0.05, 0.1) is 0 Å². The minimum Gasteiger partial charge on any atom is -0.499 e. The average Bonchev–Trinajstić information content (AvgIpc) is 2.75. The van der Waals surface area contributed by atoms with Crippen LogP contribution in [0.2, 0.25) is 0 Å². The Morgan fingerprint density at radius 1 is 0.968 bits per heavy atom. The molecule has 0 aliphatic carbocycles. The number of esters is 1. The van der Waals surface area contributed by atoms with Crippen LogP contribution in [0.5, 0.6) is 0 Å². The molecule has 5 N–H and O–H groups in total. The van der Waals surface area contributed by atoms with Crippen LogP contribution in [-0.4, -0.2) is 50.6 Å². The normalized spacial score (nSPS) is 13.1. The van der Waals surface area contributed by atoms with E-state index in [2.05, 4.69) is 12.2 Å². The molecule has 0 heterocycles. The van der Waals surface area contributed by atoms with Crippen molar-refractivity contribution in [1.29, 1.82) is 0 Å². The molecule has 0 aliphatic heterocycles. The number of aliphatic hydroxyl groups excluding tert-OH is 2. The molecule has 0 amide bonds. The lowest BCUT2D eigenvalue weighted by Crippen LogP contribution is -2.38. The van der Waals surface area contributed by atoms with Gasteiger partial charge in [-0.05, 0) is 36.2 Å². The van der Waals surface area contributed by atoms with Crippen molar-refractivity contribution in [1.82, 2.24) is 0 Å². The number of carbonyl (C=O) groups is 2. The molecule has 0 aromatic heterocycles. The van der Waals surface area contributed by atoms with E-state index in [-0.39, 0.29) is 11.5 Å². The molecule has 0 radical (unpaired) electrons. The number of carboxylic acids is 1. The van der Waals surface area contributed by atoms with Gasteiger partial charge in [-0.1, -0.05) is 74.0 Å². The first-order valence-corrected chi connectivity index (χ1v) is 10.3. The van der Waals surface area contributed by atoms with Gasteiger partial charge in [-0.25, -0.2) is 4.79 Å². The predicted molar refractivity (Wildman–Crippen MR) is 122 cm³/mol. The van der Waals surface area contributed by atoms with E-state index in [1.54, 1.807) is 12.1 Å². The van der Waals surface area contributed by atoms with Crippen LogP contribution in [0.15, 0.2) is 60.7 Å². The van der Waals surface area contributed by atoms with Crippen molar-refractivity contribution < 1.29 is 29.6 Å². The fourth-order valence-electron chi connectivity index (χ4n) is 2.60. The first-order chi connectivity index (χ1) is 14.7. The summed E-state index contributed by atoms with van der Waals surface area (Å²) in [5, 5.41) is 26.3. The summed E-state index contributed by atoms with van der Waals surface area (Å²) in [4.78, 5) is 22.1. The largest absolute Gasteiger partial charge is 0.499 e. The van der Waals surface area contributed by atoms with Crippen LogP contribution < -0.4 is 5.73 Å². The Labute approximate surface area is 187 Å². The van der Waals surface area contributed by atoms with Gasteiger partial charge in [0.15, 0.2) is 17.3 Å². The first-order valence-electron chi connectivity index (χ1n) is 9.92. The van der Waals surface area contributed by atoms with Crippen molar-refractivity contribution in [3.05, 3.63) is 71.8 Å². The Bertz CT molecular complexity index is 815. The molecule has 0 saturated carbocycles. The van der Waals surface area contributed by atoms with Gasteiger partial charge in [-0.3, -0.25) is 4.79 Å². The maximum absolute atomic E-state index is 11.8. The van der Waals surface area contributed by atoms with Crippen molar-refractivity contribution in [2.75, 3.05) is 0 Å². The second-order valence-corrected chi connectivity index (χ2v) is 7.31. The maximum Gasteiger partial charge on any atom is 0.332 e. The quantitative estimate of drug-likeness (QED) is 0.323. The number of thiocarbonyl (C=S) groups is 1. The summed E-state index contributed by atoms with van der Waals surface area (Å²) in [6.07, 6.45) is -0.222. The fraction of sp³-hybridized carbons (Fsp3) is 0.348. The highest BCUT2D eigenvalue weighted by Crippen LogP contribution is 2.08. The third kappa shape index (κ3) is 10.7. The third-order valence-electron chi connectivity index (χ3n) is 4.24. The van der Waals surface area contributed by atoms with Gasteiger partial charge >= 0.3 is 11.9 Å². The number of rotatable bonds is 10. The van der Waals surface area contributed by atoms with Gasteiger partial charge in [-0.2, -0.15) is 0 Å². The van der Waals surface area contributed by atoms with Gasteiger partial charge < -0.3 is 25.8 Å². The highest BCUT2D eigenvalue weighted by atomic mass is 32.1. The van der Waals surface area contributed by atoms with Gasteiger partial charge in [-0.15, -0.1) is 0 Å². The average molecular weight is 448 g/mol. The number of hydrogen-bond donors (Lipinski definition) is 4. The van der Waals surface area contributed by atoms with E-state index >= 15 is 0 Å². The van der Waals surface area contributed by atoms with Crippen molar-refractivity contribution in [3.8, 4) is 0 Å². The van der Waals surface area contributed by atoms with Gasteiger partial charge in [0.2, 0.25) is 0 Å². The standard InChI is InChI=1S/C14H19NO3S.C9H10O3/c1-2-6-12(14(17)19)18-13(16)11(15)9-10-7-4-3-5-8-10;10-8(9(11)12)6-7-4-2-1-3-5-7/h3-5,7-8,11-12H,2,6,9,15H2,1H3,(H,17,19);1-5,8,10H,6H2,(H,11,12)/t11-,12?;/m0./s1. The van der Waals surface area contributed by atoms with Gasteiger partial charge in [0, 0.05) is 6.42 Å². The van der Waals surface area contributed by atoms with Gasteiger partial charge in [0.25, 0.3) is 0 Å². The lowest BCUT2D eigenvalue weighted by Gasteiger charge is -2.18. The molecule has 0 bridgehead atoms. The molecule has 2 aromatic rings. The second-order valence-electron chi connectivity index (χ2n) is 6.89. The second kappa shape index (κ2) is 14.2. The van der Waals surface area contributed by atoms with E-state index in [9.17, 15) is 14.7 Å². The maximum atomic E-state index is 11.8. The van der Waals surface area contributed by atoms with E-state index in [1.807, 2.05) is 55.5 Å². The Morgan fingerprint density at radius 2 is 1.45 bits per heavy atom. The molecule has 2 unspecified atom stereocenters. The molecule has 31 heavy (non-hydrogen) atoms. The number of aliphatic carboxylic acids is 1. The Morgan fingerprint density at radius 3 is 1.87 bits per heavy atom. The molecule has 8 heteroatoms. The lowest BCUT2D eigenvalue weighted by molar-refractivity contribution is -0.148. The summed E-state index contributed by atoms with van der Waals surface area (Å²) in [5.74, 6) is -1.72. The van der Waals surface area contributed by atoms with Crippen molar-refractivity contribution >= 4 is 29.2 Å². The van der Waals surface area contributed by atoms with Crippen molar-refractivity contribution in [2.45, 2.75) is 50.9 Å². The highest BCUT2D eigenvalue weighted by Gasteiger charge is 2.22. The number of carboxylic acid groups (broad SMARTS) is 1. The number of nitrogens with two attached hydrogens (primary N) is 1. The molecule has 2 aromatic carbocycles. The summed E-state index contributed by atoms with van der Waals surface area (Å²) >= 11 is 4.65. The molecular formula is C23H29NO6S. The number of aliphatic hydroxyl groups is 2. The zero-order valence-electron chi connectivity index (χ0n) is 17.4. The van der Waals surface area contributed by atoms with E-state index in [1.165, 1.54) is 0 Å².